The fourth-order valence-electron chi connectivity index (χ4n) is 1.66. The molecule has 0 spiro atoms. The molecule has 1 aliphatic rings. The number of nitrogens with zero attached hydrogens (tertiary/aromatic N) is 1. The number of carbonyl (C=O) groups is 1. The molecule has 5 nitrogen and oxygen atoms in total. The van der Waals surface area contributed by atoms with Crippen LogP contribution < -0.4 is 10.6 Å². The fourth-order valence-corrected chi connectivity index (χ4v) is 1.66. The van der Waals surface area contributed by atoms with Crippen molar-refractivity contribution in [2.45, 2.75) is 0 Å². The highest BCUT2D eigenvalue weighted by Gasteiger charge is 2.09. The second-order valence-electron chi connectivity index (χ2n) is 3.72. The van der Waals surface area contributed by atoms with Crippen molar-refractivity contribution >= 4 is 17.4 Å². The average molecular weight is 233 g/mol. The summed E-state index contributed by atoms with van der Waals surface area (Å²) in [4.78, 5) is 15.7. The van der Waals surface area contributed by atoms with Crippen LogP contribution >= 0.6 is 0 Å². The van der Waals surface area contributed by atoms with E-state index in [1.165, 1.54) is 7.11 Å². The minimum absolute atomic E-state index is 0.0590. The molecule has 2 rings (SSSR count). The number of amidine groups is 1. The molecular formula is C12H15N3O2. The number of hydrogen-bond acceptors (Lipinski definition) is 4. The van der Waals surface area contributed by atoms with Crippen LogP contribution in [0.5, 0.6) is 0 Å². The molecule has 0 aromatic heterocycles. The maximum absolute atomic E-state index is 11.4. The Hall–Kier alpha value is -1.88. The minimum Gasteiger partial charge on any atom is -0.375 e. The molecule has 1 aromatic carbocycles. The van der Waals surface area contributed by atoms with Crippen molar-refractivity contribution in [1.82, 2.24) is 5.32 Å². The number of ether oxygens (including phenoxy) is 1. The molecule has 0 aliphatic carbocycles. The van der Waals surface area contributed by atoms with Crippen LogP contribution in [0.2, 0.25) is 0 Å². The second kappa shape index (κ2) is 5.45. The Morgan fingerprint density at radius 2 is 2.47 bits per heavy atom. The normalized spacial score (nSPS) is 14.1. The summed E-state index contributed by atoms with van der Waals surface area (Å²) >= 11 is 0. The maximum Gasteiger partial charge on any atom is 0.250 e. The molecule has 0 radical (unpaired) electrons. The number of methoxy groups -OCH3 is 1. The van der Waals surface area contributed by atoms with Gasteiger partial charge in [0.1, 0.15) is 12.4 Å². The molecule has 2 N–H and O–H groups in total. The molecule has 0 unspecified atom stereocenters. The summed E-state index contributed by atoms with van der Waals surface area (Å²) in [5, 5.41) is 5.95. The first-order valence-electron chi connectivity index (χ1n) is 5.47. The van der Waals surface area contributed by atoms with Crippen LogP contribution in [0, 0.1) is 0 Å². The van der Waals surface area contributed by atoms with Crippen molar-refractivity contribution in [2.24, 2.45) is 4.99 Å². The van der Waals surface area contributed by atoms with E-state index >= 15 is 0 Å². The first-order valence-corrected chi connectivity index (χ1v) is 5.47. The summed E-state index contributed by atoms with van der Waals surface area (Å²) in [6.45, 7) is 1.73. The summed E-state index contributed by atoms with van der Waals surface area (Å²) in [5.74, 6) is 0.721. The lowest BCUT2D eigenvalue weighted by molar-refractivity contribution is -0.119. The van der Waals surface area contributed by atoms with E-state index in [9.17, 15) is 4.79 Å². The third-order valence-electron chi connectivity index (χ3n) is 2.37. The van der Waals surface area contributed by atoms with E-state index in [4.69, 9.17) is 4.74 Å². The van der Waals surface area contributed by atoms with Crippen molar-refractivity contribution in [1.29, 1.82) is 0 Å². The van der Waals surface area contributed by atoms with Crippen molar-refractivity contribution in [3.05, 3.63) is 29.8 Å². The minimum atomic E-state index is -0.161. The number of anilines is 1. The van der Waals surface area contributed by atoms with Gasteiger partial charge in [0.2, 0.25) is 5.91 Å². The SMILES string of the molecule is COCC(=O)Nc1cccc(C2=NCCN2)c1. The summed E-state index contributed by atoms with van der Waals surface area (Å²) < 4.78 is 4.76. The van der Waals surface area contributed by atoms with Crippen LogP contribution in [0.3, 0.4) is 0 Å². The first kappa shape index (κ1) is 11.6. The van der Waals surface area contributed by atoms with Crippen LogP contribution in [0.25, 0.3) is 0 Å². The molecule has 1 amide bonds. The van der Waals surface area contributed by atoms with Gasteiger partial charge >= 0.3 is 0 Å². The highest BCUT2D eigenvalue weighted by molar-refractivity contribution is 6.01. The molecule has 0 saturated heterocycles. The lowest BCUT2D eigenvalue weighted by Gasteiger charge is -2.07. The fraction of sp³-hybridized carbons (Fsp3) is 0.333. The van der Waals surface area contributed by atoms with Gasteiger partial charge in [0.15, 0.2) is 0 Å². The van der Waals surface area contributed by atoms with E-state index in [0.29, 0.717) is 0 Å². The van der Waals surface area contributed by atoms with Crippen LogP contribution in [-0.2, 0) is 9.53 Å². The molecule has 0 saturated carbocycles. The van der Waals surface area contributed by atoms with Crippen molar-refractivity contribution in [2.75, 3.05) is 32.1 Å². The highest BCUT2D eigenvalue weighted by Crippen LogP contribution is 2.12. The third-order valence-corrected chi connectivity index (χ3v) is 2.37. The number of aliphatic imine (C=N–C) groups is 1. The van der Waals surface area contributed by atoms with Crippen molar-refractivity contribution in [3.8, 4) is 0 Å². The van der Waals surface area contributed by atoms with Gasteiger partial charge in [0.25, 0.3) is 0 Å². The molecule has 0 fully saturated rings. The monoisotopic (exact) mass is 233 g/mol. The Kier molecular flexibility index (Phi) is 3.72. The summed E-state index contributed by atoms with van der Waals surface area (Å²) in [6, 6.07) is 7.58. The maximum atomic E-state index is 11.4. The van der Waals surface area contributed by atoms with Crippen LogP contribution in [0.1, 0.15) is 5.56 Å². The molecule has 1 aromatic rings. The zero-order chi connectivity index (χ0) is 12.1. The number of hydrogen-bond donors (Lipinski definition) is 2. The average Bonchev–Trinajstić information content (AvgIpc) is 2.83. The molecule has 1 heterocycles. The smallest absolute Gasteiger partial charge is 0.250 e. The number of carbonyl (C=O) groups excluding carboxylic acids is 1. The largest absolute Gasteiger partial charge is 0.375 e. The van der Waals surface area contributed by atoms with Gasteiger partial charge < -0.3 is 15.4 Å². The lowest BCUT2D eigenvalue weighted by atomic mass is 10.2. The van der Waals surface area contributed by atoms with E-state index in [0.717, 1.165) is 30.2 Å². The Morgan fingerprint density at radius 3 is 3.18 bits per heavy atom. The summed E-state index contributed by atoms with van der Waals surface area (Å²) in [7, 11) is 1.49. The standard InChI is InChI=1S/C12H15N3O2/c1-17-8-11(16)15-10-4-2-3-9(7-10)12-13-5-6-14-12/h2-4,7H,5-6,8H2,1H3,(H,13,14)(H,15,16). The van der Waals surface area contributed by atoms with Crippen LogP contribution in [-0.4, -0.2) is 38.5 Å². The second-order valence-corrected chi connectivity index (χ2v) is 3.72. The number of amides is 1. The van der Waals surface area contributed by atoms with Gasteiger partial charge in [0, 0.05) is 24.9 Å². The summed E-state index contributed by atoms with van der Waals surface area (Å²) in [6.07, 6.45) is 0. The predicted molar refractivity (Wildman–Crippen MR) is 66.4 cm³/mol. The summed E-state index contributed by atoms with van der Waals surface area (Å²) in [5.41, 5.74) is 1.73. The Morgan fingerprint density at radius 1 is 1.59 bits per heavy atom. The van der Waals surface area contributed by atoms with E-state index in [1.807, 2.05) is 24.3 Å². The number of benzene rings is 1. The van der Waals surface area contributed by atoms with Crippen molar-refractivity contribution in [3.63, 3.8) is 0 Å². The predicted octanol–water partition coefficient (Wildman–Crippen LogP) is 0.621. The Balaban J connectivity index is 2.08. The topological polar surface area (TPSA) is 62.7 Å². The van der Waals surface area contributed by atoms with Crippen LogP contribution in [0.4, 0.5) is 5.69 Å². The quantitative estimate of drug-likeness (QED) is 0.801. The Labute approximate surface area is 99.9 Å². The zero-order valence-electron chi connectivity index (χ0n) is 9.69. The molecule has 0 bridgehead atoms. The van der Waals surface area contributed by atoms with Crippen molar-refractivity contribution < 1.29 is 9.53 Å². The lowest BCUT2D eigenvalue weighted by Crippen LogP contribution is -2.20. The van der Waals surface area contributed by atoms with Gasteiger partial charge in [0.05, 0.1) is 6.54 Å². The Bertz CT molecular complexity index is 443. The van der Waals surface area contributed by atoms with Gasteiger partial charge in [-0.1, -0.05) is 12.1 Å². The van der Waals surface area contributed by atoms with Gasteiger partial charge in [-0.25, -0.2) is 0 Å². The highest BCUT2D eigenvalue weighted by atomic mass is 16.5. The van der Waals surface area contributed by atoms with Crippen LogP contribution in [0.15, 0.2) is 29.3 Å². The molecular weight excluding hydrogens is 218 g/mol. The molecule has 90 valence electrons. The van der Waals surface area contributed by atoms with E-state index in [-0.39, 0.29) is 12.5 Å². The van der Waals surface area contributed by atoms with E-state index in [2.05, 4.69) is 15.6 Å². The molecule has 5 heteroatoms. The van der Waals surface area contributed by atoms with Gasteiger partial charge in [-0.05, 0) is 12.1 Å². The zero-order valence-corrected chi connectivity index (χ0v) is 9.69. The van der Waals surface area contributed by atoms with Gasteiger partial charge in [-0.2, -0.15) is 0 Å². The molecule has 17 heavy (non-hydrogen) atoms. The molecule has 1 aliphatic heterocycles. The number of nitrogens with one attached hydrogen (secondary N) is 2. The van der Waals surface area contributed by atoms with E-state index < -0.39 is 0 Å². The third kappa shape index (κ3) is 3.04. The van der Waals surface area contributed by atoms with Gasteiger partial charge in [-0.15, -0.1) is 0 Å². The van der Waals surface area contributed by atoms with Gasteiger partial charge in [-0.3, -0.25) is 9.79 Å². The first-order chi connectivity index (χ1) is 8.29. The van der Waals surface area contributed by atoms with E-state index in [1.54, 1.807) is 0 Å². The number of rotatable bonds is 4. The molecule has 0 atom stereocenters.